The Hall–Kier alpha value is -3.28. The summed E-state index contributed by atoms with van der Waals surface area (Å²) in [6.45, 7) is 6.30. The van der Waals surface area contributed by atoms with Crippen LogP contribution in [0, 0.1) is 13.8 Å². The van der Waals surface area contributed by atoms with Crippen LogP contribution in [-0.4, -0.2) is 41.9 Å². The number of aromatic amines is 1. The minimum atomic E-state index is -0.258. The number of hydrogen-bond acceptors (Lipinski definition) is 3. The van der Waals surface area contributed by atoms with E-state index in [0.29, 0.717) is 23.7 Å². The third kappa shape index (κ3) is 4.17. The van der Waals surface area contributed by atoms with Gasteiger partial charge in [0, 0.05) is 29.2 Å². The summed E-state index contributed by atoms with van der Waals surface area (Å²) in [4.78, 5) is 30.1. The van der Waals surface area contributed by atoms with Crippen molar-refractivity contribution in [2.24, 2.45) is 0 Å². The maximum atomic E-state index is 12.9. The summed E-state index contributed by atoms with van der Waals surface area (Å²) >= 11 is 0. The fourth-order valence-corrected chi connectivity index (χ4v) is 3.29. The summed E-state index contributed by atoms with van der Waals surface area (Å²) in [5.41, 5.74) is 4.29. The highest BCUT2D eigenvalue weighted by atomic mass is 16.5. The molecule has 0 aliphatic rings. The van der Waals surface area contributed by atoms with Crippen LogP contribution >= 0.6 is 0 Å². The minimum Gasteiger partial charge on any atom is -0.497 e. The SMILES string of the molecule is CCN(CC(=O)Nc1cccc(OC)c1)C(=O)c1cc2c(C)cc(C)cc2[nH]1. The summed E-state index contributed by atoms with van der Waals surface area (Å²) < 4.78 is 5.16. The maximum Gasteiger partial charge on any atom is 0.270 e. The molecular weight excluding hydrogens is 354 g/mol. The molecule has 6 heteroatoms. The van der Waals surface area contributed by atoms with Crippen LogP contribution in [0.2, 0.25) is 0 Å². The quantitative estimate of drug-likeness (QED) is 0.682. The number of hydrogen-bond donors (Lipinski definition) is 2. The predicted molar refractivity (Wildman–Crippen MR) is 111 cm³/mol. The van der Waals surface area contributed by atoms with E-state index in [1.807, 2.05) is 32.9 Å². The highest BCUT2D eigenvalue weighted by Gasteiger charge is 2.20. The van der Waals surface area contributed by atoms with Crippen LogP contribution < -0.4 is 10.1 Å². The second kappa shape index (κ2) is 8.17. The van der Waals surface area contributed by atoms with Gasteiger partial charge in [0.25, 0.3) is 5.91 Å². The van der Waals surface area contributed by atoms with Crippen LogP contribution in [0.4, 0.5) is 5.69 Å². The molecule has 2 N–H and O–H groups in total. The number of likely N-dealkylation sites (N-methyl/N-ethyl adjacent to an activating group) is 1. The number of H-pyrrole nitrogens is 1. The van der Waals surface area contributed by atoms with E-state index >= 15 is 0 Å². The van der Waals surface area contributed by atoms with Gasteiger partial charge in [0.2, 0.25) is 5.91 Å². The van der Waals surface area contributed by atoms with Gasteiger partial charge >= 0.3 is 0 Å². The number of ether oxygens (including phenoxy) is 1. The van der Waals surface area contributed by atoms with Crippen molar-refractivity contribution in [3.63, 3.8) is 0 Å². The van der Waals surface area contributed by atoms with E-state index in [9.17, 15) is 9.59 Å². The van der Waals surface area contributed by atoms with Gasteiger partial charge in [0.05, 0.1) is 7.11 Å². The molecule has 6 nitrogen and oxygen atoms in total. The van der Waals surface area contributed by atoms with Gasteiger partial charge in [0.1, 0.15) is 18.0 Å². The summed E-state index contributed by atoms with van der Waals surface area (Å²) in [6, 6.07) is 13.1. The lowest BCUT2D eigenvalue weighted by Crippen LogP contribution is -2.38. The van der Waals surface area contributed by atoms with Gasteiger partial charge in [-0.3, -0.25) is 9.59 Å². The normalized spacial score (nSPS) is 10.7. The average Bonchev–Trinajstić information content (AvgIpc) is 3.10. The largest absolute Gasteiger partial charge is 0.497 e. The van der Waals surface area contributed by atoms with Gasteiger partial charge in [-0.2, -0.15) is 0 Å². The van der Waals surface area contributed by atoms with Gasteiger partial charge in [0.15, 0.2) is 0 Å². The topological polar surface area (TPSA) is 74.4 Å². The fraction of sp³-hybridized carbons (Fsp3) is 0.273. The van der Waals surface area contributed by atoms with Crippen molar-refractivity contribution in [1.82, 2.24) is 9.88 Å². The standard InChI is InChI=1S/C22H25N3O3/c1-5-25(13-21(26)23-16-7-6-8-17(11-16)28-4)22(27)20-12-18-15(3)9-14(2)10-19(18)24-20/h6-12,24H,5,13H2,1-4H3,(H,23,26). The van der Waals surface area contributed by atoms with E-state index in [4.69, 9.17) is 4.74 Å². The van der Waals surface area contributed by atoms with Gasteiger partial charge in [-0.25, -0.2) is 0 Å². The molecular formula is C22H25N3O3. The summed E-state index contributed by atoms with van der Waals surface area (Å²) in [6.07, 6.45) is 0. The fourth-order valence-electron chi connectivity index (χ4n) is 3.29. The summed E-state index contributed by atoms with van der Waals surface area (Å²) in [7, 11) is 1.57. The Morgan fingerprint density at radius 2 is 1.93 bits per heavy atom. The Morgan fingerprint density at radius 3 is 2.64 bits per heavy atom. The van der Waals surface area contributed by atoms with Crippen LogP contribution in [0.1, 0.15) is 28.5 Å². The van der Waals surface area contributed by atoms with Crippen molar-refractivity contribution < 1.29 is 14.3 Å². The zero-order valence-electron chi connectivity index (χ0n) is 16.6. The average molecular weight is 379 g/mol. The second-order valence-electron chi connectivity index (χ2n) is 6.83. The second-order valence-corrected chi connectivity index (χ2v) is 6.83. The third-order valence-electron chi connectivity index (χ3n) is 4.68. The number of aryl methyl sites for hydroxylation is 2. The van der Waals surface area contributed by atoms with Crippen molar-refractivity contribution in [3.05, 3.63) is 59.3 Å². The zero-order valence-corrected chi connectivity index (χ0v) is 16.6. The number of nitrogens with one attached hydrogen (secondary N) is 2. The zero-order chi connectivity index (χ0) is 20.3. The first-order valence-corrected chi connectivity index (χ1v) is 9.24. The molecule has 0 atom stereocenters. The summed E-state index contributed by atoms with van der Waals surface area (Å²) in [5.74, 6) is 0.202. The molecule has 0 saturated carbocycles. The molecule has 0 spiro atoms. The van der Waals surface area contributed by atoms with E-state index in [2.05, 4.69) is 16.4 Å². The maximum absolute atomic E-state index is 12.9. The number of nitrogens with zero attached hydrogens (tertiary/aromatic N) is 1. The van der Waals surface area contributed by atoms with Crippen LogP contribution in [0.5, 0.6) is 5.75 Å². The lowest BCUT2D eigenvalue weighted by molar-refractivity contribution is -0.116. The molecule has 3 rings (SSSR count). The molecule has 0 aliphatic carbocycles. The molecule has 1 aromatic heterocycles. The first kappa shape index (κ1) is 19.5. The Balaban J connectivity index is 1.74. The number of methoxy groups -OCH3 is 1. The van der Waals surface area contributed by atoms with E-state index in [-0.39, 0.29) is 18.4 Å². The van der Waals surface area contributed by atoms with E-state index in [1.54, 1.807) is 31.4 Å². The van der Waals surface area contributed by atoms with Crippen LogP contribution in [0.25, 0.3) is 10.9 Å². The number of carbonyl (C=O) groups excluding carboxylic acids is 2. The van der Waals surface area contributed by atoms with E-state index in [0.717, 1.165) is 22.0 Å². The molecule has 0 bridgehead atoms. The molecule has 28 heavy (non-hydrogen) atoms. The van der Waals surface area contributed by atoms with Crippen LogP contribution in [0.3, 0.4) is 0 Å². The van der Waals surface area contributed by atoms with E-state index < -0.39 is 0 Å². The number of anilines is 1. The first-order valence-electron chi connectivity index (χ1n) is 9.24. The Kier molecular flexibility index (Phi) is 5.68. The van der Waals surface area contributed by atoms with Crippen molar-refractivity contribution in [2.45, 2.75) is 20.8 Å². The van der Waals surface area contributed by atoms with Crippen LogP contribution in [-0.2, 0) is 4.79 Å². The number of amides is 2. The molecule has 0 aliphatic heterocycles. The third-order valence-corrected chi connectivity index (χ3v) is 4.68. The first-order chi connectivity index (χ1) is 13.4. The predicted octanol–water partition coefficient (Wildman–Crippen LogP) is 3.89. The van der Waals surface area contributed by atoms with E-state index in [1.165, 1.54) is 4.90 Å². The summed E-state index contributed by atoms with van der Waals surface area (Å²) in [5, 5.41) is 3.83. The number of carbonyl (C=O) groups is 2. The number of benzene rings is 2. The molecule has 1 heterocycles. The number of fused-ring (bicyclic) bond motifs is 1. The Morgan fingerprint density at radius 1 is 1.14 bits per heavy atom. The smallest absolute Gasteiger partial charge is 0.270 e. The number of rotatable bonds is 6. The van der Waals surface area contributed by atoms with Crippen molar-refractivity contribution in [3.8, 4) is 5.75 Å². The van der Waals surface area contributed by atoms with Gasteiger partial charge in [-0.05, 0) is 56.2 Å². The Bertz CT molecular complexity index is 1020. The molecule has 3 aromatic rings. The molecule has 0 fully saturated rings. The molecule has 0 unspecified atom stereocenters. The monoisotopic (exact) mass is 379 g/mol. The van der Waals surface area contributed by atoms with Gasteiger partial charge < -0.3 is 19.9 Å². The Labute approximate surface area is 164 Å². The molecule has 2 aromatic carbocycles. The van der Waals surface area contributed by atoms with Gasteiger partial charge in [-0.15, -0.1) is 0 Å². The minimum absolute atomic E-state index is 0.0279. The van der Waals surface area contributed by atoms with Gasteiger partial charge in [-0.1, -0.05) is 12.1 Å². The molecule has 146 valence electrons. The highest BCUT2D eigenvalue weighted by molar-refractivity contribution is 6.01. The molecule has 2 amide bonds. The molecule has 0 saturated heterocycles. The lowest BCUT2D eigenvalue weighted by Gasteiger charge is -2.19. The van der Waals surface area contributed by atoms with Crippen molar-refractivity contribution in [1.29, 1.82) is 0 Å². The lowest BCUT2D eigenvalue weighted by atomic mass is 10.1. The van der Waals surface area contributed by atoms with Crippen molar-refractivity contribution >= 4 is 28.4 Å². The van der Waals surface area contributed by atoms with Crippen molar-refractivity contribution in [2.75, 3.05) is 25.5 Å². The van der Waals surface area contributed by atoms with Crippen LogP contribution in [0.15, 0.2) is 42.5 Å². The highest BCUT2D eigenvalue weighted by Crippen LogP contribution is 2.22. The molecule has 0 radical (unpaired) electrons. The number of aromatic nitrogens is 1.